The third kappa shape index (κ3) is 3.62. The molecule has 1 aliphatic heterocycles. The van der Waals surface area contributed by atoms with Gasteiger partial charge in [-0.05, 0) is 12.8 Å². The van der Waals surface area contributed by atoms with Gasteiger partial charge in [0.25, 0.3) is 5.56 Å². The summed E-state index contributed by atoms with van der Waals surface area (Å²) in [6.45, 7) is 7.21. The molecule has 0 atom stereocenters. The molecule has 6 nitrogen and oxygen atoms in total. The molecule has 6 heteroatoms. The van der Waals surface area contributed by atoms with Crippen LogP contribution < -0.4 is 15.8 Å². The number of amides is 1. The molecule has 1 amide bonds. The molecular formula is C15H24N4O2. The minimum absolute atomic E-state index is 0.0744. The second-order valence-corrected chi connectivity index (χ2v) is 6.65. The Bertz CT molecular complexity index is 566. The fourth-order valence-corrected chi connectivity index (χ4v) is 2.34. The summed E-state index contributed by atoms with van der Waals surface area (Å²) in [6.07, 6.45) is 4.97. The topological polar surface area (TPSA) is 67.2 Å². The number of hydrogen-bond donors (Lipinski definition) is 1. The SMILES string of the molecule is Cn1ccnc(N2CCC(NC(=O)C(C)(C)C)CC2)c1=O. The van der Waals surface area contributed by atoms with Gasteiger partial charge in [-0.2, -0.15) is 0 Å². The molecule has 0 aliphatic carbocycles. The Morgan fingerprint density at radius 2 is 1.95 bits per heavy atom. The van der Waals surface area contributed by atoms with Gasteiger partial charge in [0.2, 0.25) is 5.91 Å². The molecule has 1 aliphatic rings. The van der Waals surface area contributed by atoms with Crippen molar-refractivity contribution in [3.8, 4) is 0 Å². The Labute approximate surface area is 125 Å². The highest BCUT2D eigenvalue weighted by atomic mass is 16.2. The van der Waals surface area contributed by atoms with Crippen LogP contribution in [0, 0.1) is 5.41 Å². The number of nitrogens with one attached hydrogen (secondary N) is 1. The molecule has 0 bridgehead atoms. The highest BCUT2D eigenvalue weighted by molar-refractivity contribution is 5.81. The van der Waals surface area contributed by atoms with Gasteiger partial charge in [0.15, 0.2) is 5.82 Å². The van der Waals surface area contributed by atoms with E-state index in [9.17, 15) is 9.59 Å². The number of carbonyl (C=O) groups excluding carboxylic acids is 1. The van der Waals surface area contributed by atoms with Crippen LogP contribution >= 0.6 is 0 Å². The van der Waals surface area contributed by atoms with Crippen molar-refractivity contribution in [2.24, 2.45) is 12.5 Å². The summed E-state index contributed by atoms with van der Waals surface area (Å²) in [5.74, 6) is 0.579. The van der Waals surface area contributed by atoms with Crippen LogP contribution in [0.15, 0.2) is 17.2 Å². The lowest BCUT2D eigenvalue weighted by Gasteiger charge is -2.34. The zero-order chi connectivity index (χ0) is 15.6. The first-order chi connectivity index (χ1) is 9.79. The average Bonchev–Trinajstić information content (AvgIpc) is 2.42. The van der Waals surface area contributed by atoms with E-state index >= 15 is 0 Å². The van der Waals surface area contributed by atoms with E-state index in [4.69, 9.17) is 0 Å². The van der Waals surface area contributed by atoms with E-state index in [-0.39, 0.29) is 22.9 Å². The molecule has 116 valence electrons. The Morgan fingerprint density at radius 1 is 1.33 bits per heavy atom. The van der Waals surface area contributed by atoms with Gasteiger partial charge in [0.1, 0.15) is 0 Å². The maximum atomic E-state index is 12.0. The van der Waals surface area contributed by atoms with Gasteiger partial charge < -0.3 is 14.8 Å². The molecule has 0 saturated carbocycles. The van der Waals surface area contributed by atoms with Crippen LogP contribution in [0.25, 0.3) is 0 Å². The van der Waals surface area contributed by atoms with E-state index in [1.807, 2.05) is 25.7 Å². The molecule has 2 heterocycles. The van der Waals surface area contributed by atoms with Crippen molar-refractivity contribution in [2.45, 2.75) is 39.7 Å². The van der Waals surface area contributed by atoms with Crippen LogP contribution in [0.5, 0.6) is 0 Å². The van der Waals surface area contributed by atoms with Gasteiger partial charge in [-0.15, -0.1) is 0 Å². The zero-order valence-electron chi connectivity index (χ0n) is 13.2. The summed E-state index contributed by atoms with van der Waals surface area (Å²) < 4.78 is 1.54. The molecule has 0 spiro atoms. The quantitative estimate of drug-likeness (QED) is 0.880. The second kappa shape index (κ2) is 5.87. The van der Waals surface area contributed by atoms with Gasteiger partial charge >= 0.3 is 0 Å². The molecule has 0 radical (unpaired) electrons. The zero-order valence-corrected chi connectivity index (χ0v) is 13.2. The van der Waals surface area contributed by atoms with Crippen molar-refractivity contribution >= 4 is 11.7 Å². The van der Waals surface area contributed by atoms with Crippen LogP contribution in [-0.2, 0) is 11.8 Å². The summed E-state index contributed by atoms with van der Waals surface area (Å²) in [7, 11) is 1.73. The van der Waals surface area contributed by atoms with Crippen LogP contribution in [0.1, 0.15) is 33.6 Å². The molecule has 1 N–H and O–H groups in total. The van der Waals surface area contributed by atoms with Crippen LogP contribution in [0.2, 0.25) is 0 Å². The maximum Gasteiger partial charge on any atom is 0.293 e. The molecule has 0 aromatic carbocycles. The standard InChI is InChI=1S/C15H24N4O2/c1-15(2,3)14(21)17-11-5-8-19(9-6-11)12-13(20)18(4)10-7-16-12/h7,10-11H,5-6,8-9H2,1-4H3,(H,17,21). The number of nitrogens with zero attached hydrogens (tertiary/aromatic N) is 3. The van der Waals surface area contributed by atoms with Crippen molar-refractivity contribution in [1.29, 1.82) is 0 Å². The lowest BCUT2D eigenvalue weighted by atomic mass is 9.94. The van der Waals surface area contributed by atoms with E-state index in [1.165, 1.54) is 4.57 Å². The smallest absolute Gasteiger partial charge is 0.293 e. The Morgan fingerprint density at radius 3 is 2.52 bits per heavy atom. The van der Waals surface area contributed by atoms with Crippen molar-refractivity contribution < 1.29 is 4.79 Å². The minimum atomic E-state index is -0.367. The predicted octanol–water partition coefficient (Wildman–Crippen LogP) is 0.911. The summed E-state index contributed by atoms with van der Waals surface area (Å²) in [6, 6.07) is 0.181. The highest BCUT2D eigenvalue weighted by Gasteiger charge is 2.27. The average molecular weight is 292 g/mol. The number of aromatic nitrogens is 2. The molecule has 2 rings (SSSR count). The minimum Gasteiger partial charge on any atom is -0.353 e. The van der Waals surface area contributed by atoms with Gasteiger partial charge in [-0.25, -0.2) is 4.98 Å². The number of aryl methyl sites for hydroxylation is 1. The molecule has 21 heavy (non-hydrogen) atoms. The van der Waals surface area contributed by atoms with E-state index < -0.39 is 0 Å². The van der Waals surface area contributed by atoms with E-state index in [2.05, 4.69) is 10.3 Å². The van der Waals surface area contributed by atoms with Crippen LogP contribution in [0.3, 0.4) is 0 Å². The summed E-state index contributed by atoms with van der Waals surface area (Å²) in [5.41, 5.74) is -0.441. The maximum absolute atomic E-state index is 12.0. The number of piperidine rings is 1. The van der Waals surface area contributed by atoms with E-state index in [0.29, 0.717) is 5.82 Å². The first kappa shape index (κ1) is 15.5. The van der Waals surface area contributed by atoms with Crippen molar-refractivity contribution in [3.05, 3.63) is 22.7 Å². The Kier molecular flexibility index (Phi) is 4.34. The number of hydrogen-bond acceptors (Lipinski definition) is 4. The van der Waals surface area contributed by atoms with Crippen LogP contribution in [0.4, 0.5) is 5.82 Å². The van der Waals surface area contributed by atoms with E-state index in [0.717, 1.165) is 25.9 Å². The van der Waals surface area contributed by atoms with E-state index in [1.54, 1.807) is 19.4 Å². The Hall–Kier alpha value is -1.85. The highest BCUT2D eigenvalue weighted by Crippen LogP contribution is 2.18. The molecular weight excluding hydrogens is 268 g/mol. The second-order valence-electron chi connectivity index (χ2n) is 6.65. The molecule has 1 aromatic rings. The van der Waals surface area contributed by atoms with Crippen LogP contribution in [-0.4, -0.2) is 34.6 Å². The number of rotatable bonds is 2. The van der Waals surface area contributed by atoms with Gasteiger partial charge in [-0.1, -0.05) is 20.8 Å². The molecule has 1 fully saturated rings. The third-order valence-corrected chi connectivity index (χ3v) is 3.81. The van der Waals surface area contributed by atoms with Crippen molar-refractivity contribution in [3.63, 3.8) is 0 Å². The Balaban J connectivity index is 1.96. The first-order valence-electron chi connectivity index (χ1n) is 7.36. The normalized spacial score (nSPS) is 16.9. The molecule has 0 unspecified atom stereocenters. The van der Waals surface area contributed by atoms with Gasteiger partial charge in [-0.3, -0.25) is 9.59 Å². The molecule has 1 saturated heterocycles. The summed E-state index contributed by atoms with van der Waals surface area (Å²) in [4.78, 5) is 30.2. The third-order valence-electron chi connectivity index (χ3n) is 3.81. The number of anilines is 1. The van der Waals surface area contributed by atoms with Gasteiger partial charge in [0, 0.05) is 44.0 Å². The fraction of sp³-hybridized carbons (Fsp3) is 0.667. The first-order valence-corrected chi connectivity index (χ1v) is 7.36. The number of carbonyl (C=O) groups is 1. The van der Waals surface area contributed by atoms with Crippen molar-refractivity contribution in [2.75, 3.05) is 18.0 Å². The monoisotopic (exact) mass is 292 g/mol. The molecule has 1 aromatic heterocycles. The van der Waals surface area contributed by atoms with Crippen molar-refractivity contribution in [1.82, 2.24) is 14.9 Å². The largest absolute Gasteiger partial charge is 0.353 e. The lowest BCUT2D eigenvalue weighted by molar-refractivity contribution is -0.129. The fourth-order valence-electron chi connectivity index (χ4n) is 2.34. The summed E-state index contributed by atoms with van der Waals surface area (Å²) in [5, 5.41) is 3.09. The van der Waals surface area contributed by atoms with Gasteiger partial charge in [0.05, 0.1) is 0 Å². The summed E-state index contributed by atoms with van der Waals surface area (Å²) >= 11 is 0. The predicted molar refractivity (Wildman–Crippen MR) is 82.3 cm³/mol. The lowest BCUT2D eigenvalue weighted by Crippen LogP contribution is -2.48.